The molecule has 1 saturated heterocycles. The van der Waals surface area contributed by atoms with Crippen LogP contribution in [0.1, 0.15) is 18.2 Å². The largest absolute Gasteiger partial charge is 0.390 e. The van der Waals surface area contributed by atoms with Crippen LogP contribution in [0, 0.1) is 6.92 Å². The van der Waals surface area contributed by atoms with Crippen molar-refractivity contribution < 1.29 is 14.6 Å². The molecule has 0 bridgehead atoms. The van der Waals surface area contributed by atoms with E-state index in [1.54, 1.807) is 13.3 Å². The maximum atomic E-state index is 11.6. The van der Waals surface area contributed by atoms with Gasteiger partial charge in [-0.3, -0.25) is 4.57 Å². The van der Waals surface area contributed by atoms with E-state index in [9.17, 15) is 9.90 Å². The van der Waals surface area contributed by atoms with Crippen molar-refractivity contribution in [3.8, 4) is 0 Å². The normalized spacial score (nSPS) is 28.5. The Kier molecular flexibility index (Phi) is 3.56. The number of methoxy groups -OCH3 is 1. The van der Waals surface area contributed by atoms with E-state index in [0.29, 0.717) is 13.0 Å². The summed E-state index contributed by atoms with van der Waals surface area (Å²) in [4.78, 5) is 15.3. The van der Waals surface area contributed by atoms with Crippen LogP contribution >= 0.6 is 0 Å². The van der Waals surface area contributed by atoms with Gasteiger partial charge in [-0.1, -0.05) is 0 Å². The second-order valence-corrected chi connectivity index (χ2v) is 4.21. The van der Waals surface area contributed by atoms with Crippen LogP contribution in [0.2, 0.25) is 0 Å². The highest BCUT2D eigenvalue weighted by atomic mass is 16.6. The maximum absolute atomic E-state index is 11.6. The number of nitrogens with zero attached hydrogens (tertiary/aromatic N) is 2. The molecule has 1 aliphatic heterocycles. The Morgan fingerprint density at radius 1 is 1.71 bits per heavy atom. The fourth-order valence-corrected chi connectivity index (χ4v) is 1.94. The van der Waals surface area contributed by atoms with Gasteiger partial charge in [0.1, 0.15) is 12.3 Å². The third-order valence-corrected chi connectivity index (χ3v) is 2.79. The van der Waals surface area contributed by atoms with Gasteiger partial charge in [0, 0.05) is 25.9 Å². The Balaban J connectivity index is 2.19. The lowest BCUT2D eigenvalue weighted by Gasteiger charge is -2.15. The zero-order valence-corrected chi connectivity index (χ0v) is 9.87. The highest BCUT2D eigenvalue weighted by molar-refractivity contribution is 5.01. The summed E-state index contributed by atoms with van der Waals surface area (Å²) in [6, 6.07) is 0. The van der Waals surface area contributed by atoms with E-state index in [-0.39, 0.29) is 5.69 Å². The molecule has 2 rings (SSSR count). The summed E-state index contributed by atoms with van der Waals surface area (Å²) in [5.41, 5.74) is 0.503. The van der Waals surface area contributed by atoms with Gasteiger partial charge in [0.15, 0.2) is 0 Å². The molecule has 2 heterocycles. The van der Waals surface area contributed by atoms with Crippen molar-refractivity contribution in [3.05, 3.63) is 28.4 Å². The zero-order valence-electron chi connectivity index (χ0n) is 9.87. The van der Waals surface area contributed by atoms with Crippen LogP contribution in [0.25, 0.3) is 0 Å². The molecule has 0 aromatic carbocycles. The van der Waals surface area contributed by atoms with Crippen molar-refractivity contribution in [2.45, 2.75) is 31.8 Å². The van der Waals surface area contributed by atoms with Gasteiger partial charge in [-0.15, -0.1) is 0 Å². The molecule has 1 aromatic heterocycles. The summed E-state index contributed by atoms with van der Waals surface area (Å²) in [5, 5.41) is 9.77. The van der Waals surface area contributed by atoms with Gasteiger partial charge in [0.2, 0.25) is 0 Å². The molecule has 6 nitrogen and oxygen atoms in total. The van der Waals surface area contributed by atoms with E-state index in [1.807, 2.05) is 6.92 Å². The molecule has 3 atom stereocenters. The van der Waals surface area contributed by atoms with Crippen LogP contribution in [-0.2, 0) is 9.47 Å². The lowest BCUT2D eigenvalue weighted by molar-refractivity contribution is -0.0547. The lowest BCUT2D eigenvalue weighted by Crippen LogP contribution is -2.28. The standard InChI is InChI=1S/C11H16N2O4/c1-7-4-12-11(15)13(5-7)10-3-8(14)9(17-10)6-16-2/h4-5,8-10,14H,3,6H2,1-2H3. The Bertz CT molecular complexity index is 445. The van der Waals surface area contributed by atoms with Crippen LogP contribution < -0.4 is 5.69 Å². The van der Waals surface area contributed by atoms with E-state index in [1.165, 1.54) is 10.8 Å². The summed E-state index contributed by atoms with van der Waals surface area (Å²) < 4.78 is 11.9. The van der Waals surface area contributed by atoms with Crippen molar-refractivity contribution in [2.24, 2.45) is 0 Å². The molecule has 0 aliphatic carbocycles. The fraction of sp³-hybridized carbons (Fsp3) is 0.636. The second kappa shape index (κ2) is 4.95. The SMILES string of the molecule is COCC1OC(n2cc(C)cnc2=O)CC1O. The van der Waals surface area contributed by atoms with Gasteiger partial charge in [-0.25, -0.2) is 9.78 Å². The highest BCUT2D eigenvalue weighted by Gasteiger charge is 2.35. The van der Waals surface area contributed by atoms with Crippen molar-refractivity contribution in [2.75, 3.05) is 13.7 Å². The van der Waals surface area contributed by atoms with Gasteiger partial charge in [0.05, 0.1) is 12.7 Å². The molecule has 0 saturated carbocycles. The minimum Gasteiger partial charge on any atom is -0.390 e. The summed E-state index contributed by atoms with van der Waals surface area (Å²) in [7, 11) is 1.55. The quantitative estimate of drug-likeness (QED) is 0.795. The first kappa shape index (κ1) is 12.2. The average Bonchev–Trinajstić information content (AvgIpc) is 2.64. The Morgan fingerprint density at radius 3 is 3.18 bits per heavy atom. The van der Waals surface area contributed by atoms with Crippen LogP contribution in [0.3, 0.4) is 0 Å². The fourth-order valence-electron chi connectivity index (χ4n) is 1.94. The number of aromatic nitrogens is 2. The van der Waals surface area contributed by atoms with Gasteiger partial charge in [-0.05, 0) is 12.5 Å². The predicted molar refractivity (Wildman–Crippen MR) is 59.6 cm³/mol. The summed E-state index contributed by atoms with van der Waals surface area (Å²) in [5.74, 6) is 0. The highest BCUT2D eigenvalue weighted by Crippen LogP contribution is 2.27. The number of aliphatic hydroxyl groups is 1. The van der Waals surface area contributed by atoms with Crippen molar-refractivity contribution in [1.29, 1.82) is 0 Å². The van der Waals surface area contributed by atoms with Crippen LogP contribution in [0.4, 0.5) is 0 Å². The summed E-state index contributed by atoms with van der Waals surface area (Å²) >= 11 is 0. The Morgan fingerprint density at radius 2 is 2.47 bits per heavy atom. The molecule has 0 radical (unpaired) electrons. The average molecular weight is 240 g/mol. The minimum absolute atomic E-state index is 0.311. The van der Waals surface area contributed by atoms with Gasteiger partial charge in [-0.2, -0.15) is 0 Å². The number of hydrogen-bond acceptors (Lipinski definition) is 5. The molecular weight excluding hydrogens is 224 g/mol. The predicted octanol–water partition coefficient (Wildman–Crippen LogP) is -0.153. The Hall–Kier alpha value is -1.24. The number of rotatable bonds is 3. The van der Waals surface area contributed by atoms with E-state index in [2.05, 4.69) is 4.98 Å². The van der Waals surface area contributed by atoms with Crippen molar-refractivity contribution >= 4 is 0 Å². The third kappa shape index (κ3) is 2.54. The van der Waals surface area contributed by atoms with E-state index in [4.69, 9.17) is 9.47 Å². The molecule has 6 heteroatoms. The molecule has 1 N–H and O–H groups in total. The van der Waals surface area contributed by atoms with E-state index >= 15 is 0 Å². The van der Waals surface area contributed by atoms with Crippen molar-refractivity contribution in [1.82, 2.24) is 9.55 Å². The molecule has 17 heavy (non-hydrogen) atoms. The second-order valence-electron chi connectivity index (χ2n) is 4.21. The molecule has 1 fully saturated rings. The van der Waals surface area contributed by atoms with E-state index < -0.39 is 18.4 Å². The molecule has 94 valence electrons. The number of aryl methyl sites for hydroxylation is 1. The van der Waals surface area contributed by atoms with Crippen LogP contribution in [0.15, 0.2) is 17.2 Å². The molecular formula is C11H16N2O4. The summed E-state index contributed by atoms with van der Waals surface area (Å²) in [6.45, 7) is 2.16. The molecule has 1 aromatic rings. The monoisotopic (exact) mass is 240 g/mol. The van der Waals surface area contributed by atoms with Gasteiger partial charge in [0.25, 0.3) is 0 Å². The first-order valence-electron chi connectivity index (χ1n) is 5.49. The number of hydrogen-bond donors (Lipinski definition) is 1. The first-order valence-corrected chi connectivity index (χ1v) is 5.49. The number of ether oxygens (including phenoxy) is 2. The van der Waals surface area contributed by atoms with Crippen LogP contribution in [0.5, 0.6) is 0 Å². The molecule has 0 spiro atoms. The van der Waals surface area contributed by atoms with Gasteiger partial charge < -0.3 is 14.6 Å². The first-order chi connectivity index (χ1) is 8.11. The molecule has 0 amide bonds. The minimum atomic E-state index is -0.618. The van der Waals surface area contributed by atoms with E-state index in [0.717, 1.165) is 5.56 Å². The molecule has 3 unspecified atom stereocenters. The summed E-state index contributed by atoms with van der Waals surface area (Å²) in [6.07, 6.45) is 2.09. The lowest BCUT2D eigenvalue weighted by atomic mass is 10.2. The maximum Gasteiger partial charge on any atom is 0.349 e. The third-order valence-electron chi connectivity index (χ3n) is 2.79. The van der Waals surface area contributed by atoms with Gasteiger partial charge >= 0.3 is 5.69 Å². The number of aliphatic hydroxyl groups excluding tert-OH is 1. The van der Waals surface area contributed by atoms with Crippen molar-refractivity contribution in [3.63, 3.8) is 0 Å². The van der Waals surface area contributed by atoms with Crippen LogP contribution in [-0.4, -0.2) is 40.6 Å². The zero-order chi connectivity index (χ0) is 12.4. The molecule has 1 aliphatic rings. The topological polar surface area (TPSA) is 73.6 Å². The smallest absolute Gasteiger partial charge is 0.349 e. The Labute approximate surface area is 98.8 Å².